The second kappa shape index (κ2) is 8.48. The van der Waals surface area contributed by atoms with Crippen molar-refractivity contribution in [3.8, 4) is 11.3 Å². The number of aromatic nitrogens is 3. The third-order valence-electron chi connectivity index (χ3n) is 6.08. The Labute approximate surface area is 201 Å². The number of hydrogen-bond acceptors (Lipinski definition) is 8. The molecular formula is C23H27N7O3S. The van der Waals surface area contributed by atoms with Gasteiger partial charge in [-0.15, -0.1) is 5.10 Å². The summed E-state index contributed by atoms with van der Waals surface area (Å²) < 4.78 is 9.99. The summed E-state index contributed by atoms with van der Waals surface area (Å²) in [5.74, 6) is -0.174. The fraction of sp³-hybridized carbons (Fsp3) is 0.391. The number of nitrogen functional groups attached to an aromatic ring is 1. The number of nitrogens with two attached hydrogens (primary N) is 1. The van der Waals surface area contributed by atoms with Crippen LogP contribution < -0.4 is 15.8 Å². The Hall–Kier alpha value is -3.31. The van der Waals surface area contributed by atoms with Gasteiger partial charge in [-0.3, -0.25) is 9.59 Å². The molecule has 4 heterocycles. The minimum Gasteiger partial charge on any atom is -0.381 e. The standard InChI is InChI=1S/C23H27N7O3S/c1-4-6-29-10-14-8-13(9-16(28-34-3)17(14)22(29)32)15-5-7-30-20(25-15)18(19(24)27-30)21(31)26-23(2)11-33-12-23/h5,7-9,28H,4,6,10-12H2,1-3H3,(H2,24,27)(H,26,31). The summed E-state index contributed by atoms with van der Waals surface area (Å²) in [6.45, 7) is 6.15. The van der Waals surface area contributed by atoms with Crippen molar-refractivity contribution >= 4 is 40.9 Å². The van der Waals surface area contributed by atoms with Gasteiger partial charge in [0.15, 0.2) is 11.5 Å². The summed E-state index contributed by atoms with van der Waals surface area (Å²) in [6, 6.07) is 5.75. The maximum Gasteiger partial charge on any atom is 0.259 e. The number of anilines is 2. The molecule has 2 aromatic heterocycles. The van der Waals surface area contributed by atoms with E-state index in [0.29, 0.717) is 43.2 Å². The zero-order chi connectivity index (χ0) is 24.0. The van der Waals surface area contributed by atoms with Crippen molar-refractivity contribution in [3.05, 3.63) is 41.1 Å². The maximum atomic E-state index is 13.0. The van der Waals surface area contributed by atoms with Gasteiger partial charge in [0.05, 0.1) is 35.7 Å². The van der Waals surface area contributed by atoms with Crippen molar-refractivity contribution < 1.29 is 14.3 Å². The van der Waals surface area contributed by atoms with Gasteiger partial charge < -0.3 is 25.4 Å². The van der Waals surface area contributed by atoms with E-state index in [0.717, 1.165) is 23.2 Å². The molecule has 1 aromatic carbocycles. The Balaban J connectivity index is 1.56. The molecule has 2 aliphatic rings. The molecule has 0 saturated carbocycles. The van der Waals surface area contributed by atoms with Gasteiger partial charge in [0, 0.05) is 31.1 Å². The highest BCUT2D eigenvalue weighted by molar-refractivity contribution is 7.99. The molecule has 3 aromatic rings. The predicted molar refractivity (Wildman–Crippen MR) is 132 cm³/mol. The minimum atomic E-state index is -0.426. The number of hydrogen-bond donors (Lipinski definition) is 3. The third kappa shape index (κ3) is 3.74. The summed E-state index contributed by atoms with van der Waals surface area (Å²) in [6.07, 6.45) is 4.55. The van der Waals surface area contributed by atoms with E-state index >= 15 is 0 Å². The quantitative estimate of drug-likeness (QED) is 0.440. The molecule has 10 nitrogen and oxygen atoms in total. The lowest BCUT2D eigenvalue weighted by Crippen LogP contribution is -2.59. The highest BCUT2D eigenvalue weighted by Gasteiger charge is 2.36. The third-order valence-corrected chi connectivity index (χ3v) is 6.50. The van der Waals surface area contributed by atoms with Crippen LogP contribution in [0.2, 0.25) is 0 Å². The molecule has 0 unspecified atom stereocenters. The van der Waals surface area contributed by atoms with E-state index in [4.69, 9.17) is 15.5 Å². The van der Waals surface area contributed by atoms with Crippen LogP contribution in [-0.2, 0) is 11.3 Å². The Kier molecular flexibility index (Phi) is 5.61. The first-order chi connectivity index (χ1) is 16.3. The number of nitrogens with one attached hydrogen (secondary N) is 2. The Bertz CT molecular complexity index is 1300. The summed E-state index contributed by atoms with van der Waals surface area (Å²) in [4.78, 5) is 32.6. The summed E-state index contributed by atoms with van der Waals surface area (Å²) >= 11 is 1.43. The van der Waals surface area contributed by atoms with Crippen molar-refractivity contribution in [1.82, 2.24) is 24.8 Å². The van der Waals surface area contributed by atoms with Crippen molar-refractivity contribution in [3.63, 3.8) is 0 Å². The Morgan fingerprint density at radius 2 is 2.15 bits per heavy atom. The lowest BCUT2D eigenvalue weighted by molar-refractivity contribution is -0.0593. The monoisotopic (exact) mass is 481 g/mol. The summed E-state index contributed by atoms with van der Waals surface area (Å²) in [5.41, 5.74) is 10.2. The van der Waals surface area contributed by atoms with Crippen molar-refractivity contribution in [2.24, 2.45) is 0 Å². The first-order valence-electron chi connectivity index (χ1n) is 11.1. The van der Waals surface area contributed by atoms with E-state index in [2.05, 4.69) is 22.1 Å². The first-order valence-corrected chi connectivity index (χ1v) is 12.4. The van der Waals surface area contributed by atoms with Crippen molar-refractivity contribution in [2.45, 2.75) is 32.4 Å². The Morgan fingerprint density at radius 1 is 1.35 bits per heavy atom. The number of nitrogens with zero attached hydrogens (tertiary/aromatic N) is 4. The van der Waals surface area contributed by atoms with Crippen molar-refractivity contribution in [2.75, 3.05) is 36.5 Å². The highest BCUT2D eigenvalue weighted by atomic mass is 32.2. The lowest BCUT2D eigenvalue weighted by atomic mass is 10.00. The molecule has 2 amide bonds. The maximum absolute atomic E-state index is 13.0. The van der Waals surface area contributed by atoms with Gasteiger partial charge >= 0.3 is 0 Å². The molecule has 2 aliphatic heterocycles. The molecule has 1 saturated heterocycles. The summed E-state index contributed by atoms with van der Waals surface area (Å²) in [5, 5.41) is 7.24. The number of amides is 2. The SMILES string of the molecule is CCCN1Cc2cc(-c3ccn4nc(N)c(C(=O)NC5(C)COC5)c4n3)cc(NSC)c2C1=O. The molecule has 1 fully saturated rings. The van der Waals surface area contributed by atoms with Gasteiger partial charge in [-0.05, 0) is 37.1 Å². The number of carbonyl (C=O) groups excluding carboxylic acids is 2. The van der Waals surface area contributed by atoms with E-state index in [-0.39, 0.29) is 23.2 Å². The van der Waals surface area contributed by atoms with Crippen LogP contribution in [0.3, 0.4) is 0 Å². The minimum absolute atomic E-state index is 0.0411. The van der Waals surface area contributed by atoms with Gasteiger partial charge in [-0.2, -0.15) is 0 Å². The molecule has 0 atom stereocenters. The van der Waals surface area contributed by atoms with Gasteiger partial charge in [0.2, 0.25) is 0 Å². The predicted octanol–water partition coefficient (Wildman–Crippen LogP) is 2.55. The first kappa shape index (κ1) is 22.5. The average Bonchev–Trinajstić information content (AvgIpc) is 3.28. The molecule has 11 heteroatoms. The smallest absolute Gasteiger partial charge is 0.259 e. The largest absolute Gasteiger partial charge is 0.381 e. The zero-order valence-corrected chi connectivity index (χ0v) is 20.2. The topological polar surface area (TPSA) is 127 Å². The number of ether oxygens (including phenoxy) is 1. The lowest BCUT2D eigenvalue weighted by Gasteiger charge is -2.38. The van der Waals surface area contributed by atoms with E-state index in [1.807, 2.05) is 36.3 Å². The Morgan fingerprint density at radius 3 is 2.82 bits per heavy atom. The molecule has 5 rings (SSSR count). The van der Waals surface area contributed by atoms with Gasteiger partial charge in [-0.1, -0.05) is 18.9 Å². The normalized spacial score (nSPS) is 16.4. The van der Waals surface area contributed by atoms with Crippen LogP contribution in [0.1, 0.15) is 46.5 Å². The molecule has 4 N–H and O–H groups in total. The molecule has 0 bridgehead atoms. The molecule has 178 valence electrons. The molecule has 0 radical (unpaired) electrons. The fourth-order valence-corrected chi connectivity index (χ4v) is 4.83. The number of carbonyl (C=O) groups is 2. The van der Waals surface area contributed by atoms with E-state index in [9.17, 15) is 9.59 Å². The van der Waals surface area contributed by atoms with Crippen LogP contribution in [0, 0.1) is 0 Å². The van der Waals surface area contributed by atoms with Crippen LogP contribution in [0.15, 0.2) is 24.4 Å². The van der Waals surface area contributed by atoms with Gasteiger partial charge in [0.25, 0.3) is 11.8 Å². The number of rotatable bonds is 7. The van der Waals surface area contributed by atoms with Gasteiger partial charge in [-0.25, -0.2) is 9.50 Å². The fourth-order valence-electron chi connectivity index (χ4n) is 4.45. The van der Waals surface area contributed by atoms with Crippen LogP contribution in [0.25, 0.3) is 16.9 Å². The van der Waals surface area contributed by atoms with Gasteiger partial charge in [0.1, 0.15) is 5.56 Å². The molecular weight excluding hydrogens is 454 g/mol. The van der Waals surface area contributed by atoms with Crippen LogP contribution >= 0.6 is 11.9 Å². The van der Waals surface area contributed by atoms with Crippen LogP contribution in [-0.4, -0.2) is 62.9 Å². The number of fused-ring (bicyclic) bond motifs is 2. The molecule has 0 spiro atoms. The molecule has 34 heavy (non-hydrogen) atoms. The van der Waals surface area contributed by atoms with E-state index < -0.39 is 5.54 Å². The van der Waals surface area contributed by atoms with E-state index in [1.165, 1.54) is 16.5 Å². The van der Waals surface area contributed by atoms with E-state index in [1.54, 1.807) is 6.20 Å². The van der Waals surface area contributed by atoms with Crippen LogP contribution in [0.4, 0.5) is 11.5 Å². The second-order valence-electron chi connectivity index (χ2n) is 8.94. The number of benzene rings is 1. The zero-order valence-electron chi connectivity index (χ0n) is 19.3. The summed E-state index contributed by atoms with van der Waals surface area (Å²) in [7, 11) is 0. The average molecular weight is 482 g/mol. The second-order valence-corrected chi connectivity index (χ2v) is 9.55. The molecule has 0 aliphatic carbocycles. The van der Waals surface area contributed by atoms with Crippen LogP contribution in [0.5, 0.6) is 0 Å². The highest BCUT2D eigenvalue weighted by Crippen LogP contribution is 2.35. The van der Waals surface area contributed by atoms with Crippen molar-refractivity contribution in [1.29, 1.82) is 0 Å².